The van der Waals surface area contributed by atoms with Gasteiger partial charge in [0.1, 0.15) is 12.7 Å². The number of carbonyl (C=O) groups excluding carboxylic acids is 2. The third-order valence-corrected chi connectivity index (χ3v) is 10.3. The van der Waals surface area contributed by atoms with Crippen LogP contribution in [0.4, 0.5) is 0 Å². The first-order valence-electron chi connectivity index (χ1n) is 12.0. The van der Waals surface area contributed by atoms with Crippen molar-refractivity contribution in [1.29, 1.82) is 0 Å². The summed E-state index contributed by atoms with van der Waals surface area (Å²) in [5.41, 5.74) is 0.00242. The molecule has 6 heteroatoms. The van der Waals surface area contributed by atoms with Gasteiger partial charge in [-0.05, 0) is 86.0 Å². The number of cyclic esters (lactones) is 1. The molecule has 5 aliphatic rings. The van der Waals surface area contributed by atoms with E-state index in [4.69, 9.17) is 9.47 Å². The molecule has 31 heavy (non-hydrogen) atoms. The van der Waals surface area contributed by atoms with Crippen LogP contribution in [0.1, 0.15) is 72.1 Å². The van der Waals surface area contributed by atoms with Gasteiger partial charge in [-0.15, -0.1) is 0 Å². The van der Waals surface area contributed by atoms with E-state index in [0.717, 1.165) is 44.1 Å². The van der Waals surface area contributed by atoms with Gasteiger partial charge < -0.3 is 19.7 Å². The summed E-state index contributed by atoms with van der Waals surface area (Å²) in [6.45, 7) is 6.30. The highest BCUT2D eigenvalue weighted by atomic mass is 16.6. The summed E-state index contributed by atoms with van der Waals surface area (Å²) >= 11 is 0. The molecule has 5 rings (SSSR count). The van der Waals surface area contributed by atoms with Crippen molar-refractivity contribution < 1.29 is 29.3 Å². The highest BCUT2D eigenvalue weighted by Gasteiger charge is 2.68. The lowest BCUT2D eigenvalue weighted by molar-refractivity contribution is -0.221. The minimum atomic E-state index is -0.751. The van der Waals surface area contributed by atoms with Gasteiger partial charge in [-0.3, -0.25) is 4.79 Å². The van der Waals surface area contributed by atoms with E-state index in [-0.39, 0.29) is 34.6 Å². The van der Waals surface area contributed by atoms with Crippen LogP contribution in [0.3, 0.4) is 0 Å². The number of fused-ring (bicyclic) bond motifs is 5. The van der Waals surface area contributed by atoms with Gasteiger partial charge in [0.15, 0.2) is 0 Å². The number of ether oxygens (including phenoxy) is 2. The molecule has 0 aromatic heterocycles. The maximum absolute atomic E-state index is 12.2. The summed E-state index contributed by atoms with van der Waals surface area (Å²) in [4.78, 5) is 23.2. The van der Waals surface area contributed by atoms with Crippen molar-refractivity contribution in [1.82, 2.24) is 0 Å². The molecule has 0 bridgehead atoms. The highest BCUT2D eigenvalue weighted by molar-refractivity contribution is 5.85. The molecule has 172 valence electrons. The van der Waals surface area contributed by atoms with E-state index in [0.29, 0.717) is 31.3 Å². The smallest absolute Gasteiger partial charge is 0.331 e. The van der Waals surface area contributed by atoms with Crippen LogP contribution in [0.15, 0.2) is 11.6 Å². The van der Waals surface area contributed by atoms with E-state index in [9.17, 15) is 19.8 Å². The Morgan fingerprint density at radius 3 is 2.61 bits per heavy atom. The fraction of sp³-hybridized carbons (Fsp3) is 0.840. The van der Waals surface area contributed by atoms with Crippen LogP contribution in [0, 0.1) is 34.5 Å². The molecule has 4 saturated carbocycles. The van der Waals surface area contributed by atoms with Gasteiger partial charge in [-0.1, -0.05) is 13.8 Å². The first-order valence-corrected chi connectivity index (χ1v) is 12.0. The first kappa shape index (κ1) is 21.4. The van der Waals surface area contributed by atoms with E-state index < -0.39 is 17.8 Å². The molecule has 6 nitrogen and oxygen atoms in total. The number of hydrogen-bond acceptors (Lipinski definition) is 6. The van der Waals surface area contributed by atoms with E-state index >= 15 is 0 Å². The van der Waals surface area contributed by atoms with Crippen LogP contribution < -0.4 is 0 Å². The zero-order valence-electron chi connectivity index (χ0n) is 18.9. The SMILES string of the molecule is CC(=O)O[C@@H]1C[C@@H]2CCC3C(CC[C@]4(C)[C@@H](C5=CC(=O)OC5)CC[C@]34O)[C@@]2(C)C[C@H]1O. The van der Waals surface area contributed by atoms with Gasteiger partial charge in [-0.2, -0.15) is 0 Å². The van der Waals surface area contributed by atoms with Crippen LogP contribution in [0.25, 0.3) is 0 Å². The lowest BCUT2D eigenvalue weighted by Gasteiger charge is -2.64. The second-order valence-corrected chi connectivity index (χ2v) is 11.4. The molecule has 1 aliphatic heterocycles. The predicted octanol–water partition coefficient (Wildman–Crippen LogP) is 3.15. The predicted molar refractivity (Wildman–Crippen MR) is 113 cm³/mol. The summed E-state index contributed by atoms with van der Waals surface area (Å²) < 4.78 is 10.6. The molecule has 4 fully saturated rings. The summed E-state index contributed by atoms with van der Waals surface area (Å²) in [6.07, 6.45) is 7.52. The minimum absolute atomic E-state index is 0.0557. The maximum atomic E-state index is 12.2. The quantitative estimate of drug-likeness (QED) is 0.651. The Labute approximate surface area is 184 Å². The van der Waals surface area contributed by atoms with Crippen molar-refractivity contribution >= 4 is 11.9 Å². The molecule has 2 N–H and O–H groups in total. The lowest BCUT2D eigenvalue weighted by Crippen LogP contribution is -2.63. The second kappa shape index (κ2) is 7.05. The molecule has 0 saturated heterocycles. The summed E-state index contributed by atoms with van der Waals surface area (Å²) in [7, 11) is 0. The summed E-state index contributed by atoms with van der Waals surface area (Å²) in [5.74, 6) is 0.565. The molecule has 0 amide bonds. The number of rotatable bonds is 2. The third kappa shape index (κ3) is 2.97. The van der Waals surface area contributed by atoms with Gasteiger partial charge in [0.25, 0.3) is 0 Å². The fourth-order valence-electron chi connectivity index (χ4n) is 8.75. The third-order valence-electron chi connectivity index (χ3n) is 10.3. The van der Waals surface area contributed by atoms with Crippen LogP contribution in [-0.4, -0.2) is 46.6 Å². The zero-order chi connectivity index (χ0) is 22.2. The van der Waals surface area contributed by atoms with E-state index in [1.54, 1.807) is 6.08 Å². The monoisotopic (exact) mass is 432 g/mol. The Morgan fingerprint density at radius 1 is 1.16 bits per heavy atom. The number of carbonyl (C=O) groups is 2. The van der Waals surface area contributed by atoms with Crippen molar-refractivity contribution in [2.75, 3.05) is 6.61 Å². The van der Waals surface area contributed by atoms with Gasteiger partial charge >= 0.3 is 11.9 Å². The summed E-state index contributed by atoms with van der Waals surface area (Å²) in [6, 6.07) is 0. The van der Waals surface area contributed by atoms with Crippen molar-refractivity contribution in [3.63, 3.8) is 0 Å². The number of esters is 2. The number of aliphatic hydroxyl groups excluding tert-OH is 1. The van der Waals surface area contributed by atoms with Crippen LogP contribution in [-0.2, 0) is 19.1 Å². The zero-order valence-corrected chi connectivity index (χ0v) is 18.9. The molecular weight excluding hydrogens is 396 g/mol. The normalized spacial score (nSPS) is 51.3. The Kier molecular flexibility index (Phi) is 4.88. The molecule has 0 radical (unpaired) electrons. The maximum Gasteiger partial charge on any atom is 0.331 e. The largest absolute Gasteiger partial charge is 0.460 e. The lowest BCUT2D eigenvalue weighted by atomic mass is 9.43. The number of hydrogen-bond donors (Lipinski definition) is 2. The molecule has 2 unspecified atom stereocenters. The second-order valence-electron chi connectivity index (χ2n) is 11.4. The topological polar surface area (TPSA) is 93.1 Å². The average molecular weight is 433 g/mol. The van der Waals surface area contributed by atoms with Crippen molar-refractivity contribution in [2.24, 2.45) is 34.5 Å². The fourth-order valence-corrected chi connectivity index (χ4v) is 8.75. The Balaban J connectivity index is 1.42. The Hall–Kier alpha value is -1.40. The molecule has 1 heterocycles. The van der Waals surface area contributed by atoms with E-state index in [1.165, 1.54) is 6.92 Å². The Morgan fingerprint density at radius 2 is 1.94 bits per heavy atom. The van der Waals surface area contributed by atoms with Gasteiger partial charge in [0.2, 0.25) is 0 Å². The van der Waals surface area contributed by atoms with Gasteiger partial charge in [0, 0.05) is 18.4 Å². The summed E-state index contributed by atoms with van der Waals surface area (Å²) in [5, 5.41) is 23.1. The van der Waals surface area contributed by atoms with Crippen LogP contribution in [0.5, 0.6) is 0 Å². The minimum Gasteiger partial charge on any atom is -0.460 e. The standard InChI is InChI=1S/C25H36O6/c1-14(26)31-21-11-16-4-5-19-18(23(16,2)12-20(21)27)6-8-24(3)17(7-9-25(19,24)29)15-10-22(28)30-13-15/h10,16-21,27,29H,4-9,11-13H2,1-3H3/t16-,17+,18?,19?,20+,21+,23-,24+,25-/m0/s1. The molecule has 0 aromatic carbocycles. The van der Waals surface area contributed by atoms with Crippen molar-refractivity contribution in [3.8, 4) is 0 Å². The highest BCUT2D eigenvalue weighted by Crippen LogP contribution is 2.70. The van der Waals surface area contributed by atoms with Crippen LogP contribution >= 0.6 is 0 Å². The molecular formula is C25H36O6. The Bertz CT molecular complexity index is 821. The van der Waals surface area contributed by atoms with Crippen molar-refractivity contribution in [2.45, 2.75) is 89.9 Å². The number of aliphatic hydroxyl groups is 2. The van der Waals surface area contributed by atoms with Crippen LogP contribution in [0.2, 0.25) is 0 Å². The van der Waals surface area contributed by atoms with E-state index in [1.807, 2.05) is 0 Å². The van der Waals surface area contributed by atoms with Crippen molar-refractivity contribution in [3.05, 3.63) is 11.6 Å². The molecule has 4 aliphatic carbocycles. The molecule has 0 aromatic rings. The van der Waals surface area contributed by atoms with Gasteiger partial charge in [0.05, 0.1) is 11.7 Å². The molecule has 9 atom stereocenters. The molecule has 0 spiro atoms. The van der Waals surface area contributed by atoms with Gasteiger partial charge in [-0.25, -0.2) is 4.79 Å². The first-order chi connectivity index (χ1) is 14.6. The average Bonchev–Trinajstić information content (AvgIpc) is 3.22. The van der Waals surface area contributed by atoms with E-state index in [2.05, 4.69) is 13.8 Å².